The second-order valence-corrected chi connectivity index (χ2v) is 8.05. The number of β-amino-alcohol motifs (C(OH)–C–C–N with tert-alkyl or cyclic N) is 1. The average Bonchev–Trinajstić information content (AvgIpc) is 2.80. The smallest absolute Gasteiger partial charge is 0.127 e. The topological polar surface area (TPSA) is 75.1 Å². The third kappa shape index (κ3) is 5.34. The number of aromatic nitrogens is 1. The van der Waals surface area contributed by atoms with Crippen molar-refractivity contribution in [2.75, 3.05) is 19.7 Å². The number of aliphatic hydroxyl groups is 2. The van der Waals surface area contributed by atoms with Gasteiger partial charge in [-0.15, -0.1) is 0 Å². The largest absolute Gasteiger partial charge is 0.493 e. The Morgan fingerprint density at radius 2 is 2.06 bits per heavy atom. The highest BCUT2D eigenvalue weighted by Gasteiger charge is 2.29. The van der Waals surface area contributed by atoms with Crippen LogP contribution in [0.3, 0.4) is 0 Å². The molecular formula is C25H30N2O4. The van der Waals surface area contributed by atoms with E-state index < -0.39 is 6.10 Å². The van der Waals surface area contributed by atoms with Gasteiger partial charge in [0.05, 0.1) is 18.7 Å². The molecule has 2 heterocycles. The molecule has 4 rings (SSSR count). The van der Waals surface area contributed by atoms with E-state index in [1.807, 2.05) is 48.5 Å². The molecule has 2 aromatic carbocycles. The number of likely N-dealkylation sites (tertiary alicyclic amines) is 1. The summed E-state index contributed by atoms with van der Waals surface area (Å²) in [6.07, 6.45) is 2.63. The van der Waals surface area contributed by atoms with Gasteiger partial charge in [-0.2, -0.15) is 0 Å². The number of fused-ring (bicyclic) bond motifs is 1. The van der Waals surface area contributed by atoms with E-state index in [0.29, 0.717) is 19.7 Å². The molecule has 1 fully saturated rings. The van der Waals surface area contributed by atoms with Crippen molar-refractivity contribution < 1.29 is 19.7 Å². The van der Waals surface area contributed by atoms with Gasteiger partial charge in [0.15, 0.2) is 0 Å². The minimum Gasteiger partial charge on any atom is -0.493 e. The Morgan fingerprint density at radius 3 is 2.87 bits per heavy atom. The lowest BCUT2D eigenvalue weighted by Crippen LogP contribution is -2.48. The summed E-state index contributed by atoms with van der Waals surface area (Å²) >= 11 is 0. The Morgan fingerprint density at radius 1 is 1.16 bits per heavy atom. The standard InChI is InChI=1S/C25H30N2O4/c1-2-12-30-24-8-5-18(13-20(24)17-28)15-27-11-9-25(23(29)16-27)31-21-7-6-19-4-3-10-26-22(19)14-21/h3-8,10,13-14,23,25,28-29H,2,9,11-12,15-17H2,1H3/t23-,25-/m1/s1. The lowest BCUT2D eigenvalue weighted by atomic mass is 10.0. The molecule has 1 saturated heterocycles. The first-order chi connectivity index (χ1) is 15.2. The monoisotopic (exact) mass is 422 g/mol. The van der Waals surface area contributed by atoms with E-state index in [0.717, 1.165) is 52.9 Å². The van der Waals surface area contributed by atoms with Crippen molar-refractivity contribution in [1.29, 1.82) is 0 Å². The molecule has 2 atom stereocenters. The zero-order valence-electron chi connectivity index (χ0n) is 17.9. The summed E-state index contributed by atoms with van der Waals surface area (Å²) in [5, 5.41) is 21.4. The van der Waals surface area contributed by atoms with Crippen LogP contribution in [0.15, 0.2) is 54.7 Å². The molecule has 3 aromatic rings. The average molecular weight is 423 g/mol. The van der Waals surface area contributed by atoms with Crippen molar-refractivity contribution in [3.05, 3.63) is 65.9 Å². The molecule has 164 valence electrons. The van der Waals surface area contributed by atoms with Gasteiger partial charge in [0.2, 0.25) is 0 Å². The van der Waals surface area contributed by atoms with E-state index in [1.165, 1.54) is 0 Å². The van der Waals surface area contributed by atoms with Crippen LogP contribution in [0.25, 0.3) is 10.9 Å². The van der Waals surface area contributed by atoms with E-state index >= 15 is 0 Å². The number of aliphatic hydroxyl groups excluding tert-OH is 2. The Balaban J connectivity index is 1.35. The van der Waals surface area contributed by atoms with Crippen LogP contribution >= 0.6 is 0 Å². The van der Waals surface area contributed by atoms with E-state index in [4.69, 9.17) is 9.47 Å². The first-order valence-electron chi connectivity index (χ1n) is 10.9. The van der Waals surface area contributed by atoms with Crippen molar-refractivity contribution in [2.45, 2.75) is 45.1 Å². The fraction of sp³-hybridized carbons (Fsp3) is 0.400. The van der Waals surface area contributed by atoms with Crippen LogP contribution in [0, 0.1) is 0 Å². The van der Waals surface area contributed by atoms with Gasteiger partial charge < -0.3 is 19.7 Å². The summed E-state index contributed by atoms with van der Waals surface area (Å²) in [6.45, 7) is 4.73. The molecule has 0 amide bonds. The van der Waals surface area contributed by atoms with Gasteiger partial charge in [0, 0.05) is 42.8 Å². The van der Waals surface area contributed by atoms with Gasteiger partial charge in [-0.05, 0) is 48.7 Å². The SMILES string of the molecule is CCCOc1ccc(CN2CC[C@@H](Oc3ccc4cccnc4c3)[C@H](O)C2)cc1CO. The molecule has 0 radical (unpaired) electrons. The Bertz CT molecular complexity index is 1010. The zero-order chi connectivity index (χ0) is 21.6. The third-order valence-electron chi connectivity index (χ3n) is 5.63. The summed E-state index contributed by atoms with van der Waals surface area (Å²) in [6, 6.07) is 15.7. The summed E-state index contributed by atoms with van der Waals surface area (Å²) in [5.41, 5.74) is 2.78. The van der Waals surface area contributed by atoms with Gasteiger partial charge in [-0.3, -0.25) is 9.88 Å². The maximum absolute atomic E-state index is 10.7. The van der Waals surface area contributed by atoms with Gasteiger partial charge in [-0.25, -0.2) is 0 Å². The van der Waals surface area contributed by atoms with Crippen molar-refractivity contribution in [1.82, 2.24) is 9.88 Å². The predicted molar refractivity (Wildman–Crippen MR) is 120 cm³/mol. The van der Waals surface area contributed by atoms with E-state index in [2.05, 4.69) is 16.8 Å². The molecule has 0 aliphatic carbocycles. The number of pyridine rings is 1. The second kappa shape index (κ2) is 10.1. The molecule has 2 N–H and O–H groups in total. The first-order valence-corrected chi connectivity index (χ1v) is 10.9. The Kier molecular flexibility index (Phi) is 7.02. The van der Waals surface area contributed by atoms with Gasteiger partial charge in [0.25, 0.3) is 0 Å². The predicted octanol–water partition coefficient (Wildman–Crippen LogP) is 3.53. The quantitative estimate of drug-likeness (QED) is 0.579. The molecule has 0 unspecified atom stereocenters. The van der Waals surface area contributed by atoms with Crippen LogP contribution in [-0.4, -0.2) is 52.0 Å². The number of hydrogen-bond acceptors (Lipinski definition) is 6. The number of hydrogen-bond donors (Lipinski definition) is 2. The summed E-state index contributed by atoms with van der Waals surface area (Å²) in [7, 11) is 0. The molecule has 0 saturated carbocycles. The van der Waals surface area contributed by atoms with Crippen molar-refractivity contribution in [2.24, 2.45) is 0 Å². The third-order valence-corrected chi connectivity index (χ3v) is 5.63. The molecule has 1 aliphatic rings. The van der Waals surface area contributed by atoms with Crippen LogP contribution in [-0.2, 0) is 13.2 Å². The normalized spacial score (nSPS) is 19.5. The maximum Gasteiger partial charge on any atom is 0.127 e. The number of nitrogens with zero attached hydrogens (tertiary/aromatic N) is 2. The van der Waals surface area contributed by atoms with Crippen LogP contribution in [0.2, 0.25) is 0 Å². The van der Waals surface area contributed by atoms with E-state index in [1.54, 1.807) is 6.20 Å². The Hall–Kier alpha value is -2.67. The Labute approximate surface area is 183 Å². The lowest BCUT2D eigenvalue weighted by molar-refractivity contribution is -0.0274. The van der Waals surface area contributed by atoms with Crippen LogP contribution in [0.1, 0.15) is 30.9 Å². The van der Waals surface area contributed by atoms with Gasteiger partial charge >= 0.3 is 0 Å². The highest BCUT2D eigenvalue weighted by atomic mass is 16.5. The molecular weight excluding hydrogens is 392 g/mol. The van der Waals surface area contributed by atoms with Gasteiger partial charge in [-0.1, -0.05) is 19.1 Å². The molecule has 1 aromatic heterocycles. The molecule has 0 bridgehead atoms. The fourth-order valence-electron chi connectivity index (χ4n) is 4.02. The highest BCUT2D eigenvalue weighted by Crippen LogP contribution is 2.25. The minimum atomic E-state index is -0.572. The summed E-state index contributed by atoms with van der Waals surface area (Å²) in [4.78, 5) is 6.59. The molecule has 0 spiro atoms. The molecule has 1 aliphatic heterocycles. The molecule has 31 heavy (non-hydrogen) atoms. The molecule has 6 nitrogen and oxygen atoms in total. The molecule has 6 heteroatoms. The lowest BCUT2D eigenvalue weighted by Gasteiger charge is -2.36. The highest BCUT2D eigenvalue weighted by molar-refractivity contribution is 5.79. The zero-order valence-corrected chi connectivity index (χ0v) is 17.9. The van der Waals surface area contributed by atoms with Crippen molar-refractivity contribution in [3.63, 3.8) is 0 Å². The number of piperidine rings is 1. The van der Waals surface area contributed by atoms with Crippen LogP contribution in [0.4, 0.5) is 0 Å². The fourth-order valence-corrected chi connectivity index (χ4v) is 4.02. The summed E-state index contributed by atoms with van der Waals surface area (Å²) < 4.78 is 11.8. The van der Waals surface area contributed by atoms with E-state index in [-0.39, 0.29) is 12.7 Å². The first kappa shape index (κ1) is 21.6. The summed E-state index contributed by atoms with van der Waals surface area (Å²) in [5.74, 6) is 1.48. The maximum atomic E-state index is 10.7. The van der Waals surface area contributed by atoms with Crippen molar-refractivity contribution >= 4 is 10.9 Å². The van der Waals surface area contributed by atoms with E-state index in [9.17, 15) is 10.2 Å². The number of ether oxygens (including phenoxy) is 2. The van der Waals surface area contributed by atoms with Crippen LogP contribution < -0.4 is 9.47 Å². The minimum absolute atomic E-state index is 0.0496. The van der Waals surface area contributed by atoms with Gasteiger partial charge in [0.1, 0.15) is 23.7 Å². The number of rotatable bonds is 8. The second-order valence-electron chi connectivity index (χ2n) is 8.05. The van der Waals surface area contributed by atoms with Crippen molar-refractivity contribution in [3.8, 4) is 11.5 Å². The number of benzene rings is 2. The van der Waals surface area contributed by atoms with Crippen LogP contribution in [0.5, 0.6) is 11.5 Å².